The van der Waals surface area contributed by atoms with Crippen LogP contribution in [0.1, 0.15) is 54.9 Å². The summed E-state index contributed by atoms with van der Waals surface area (Å²) in [6.45, 7) is 2.21. The lowest BCUT2D eigenvalue weighted by molar-refractivity contribution is 0.0698. The third kappa shape index (κ3) is 3.14. The van der Waals surface area contributed by atoms with Crippen molar-refractivity contribution in [2.75, 3.05) is 0 Å². The van der Waals surface area contributed by atoms with Crippen molar-refractivity contribution in [3.63, 3.8) is 0 Å². The molecule has 3 rings (SSSR count). The molecule has 0 aliphatic rings. The molecule has 0 fully saturated rings. The van der Waals surface area contributed by atoms with Gasteiger partial charge in [0.15, 0.2) is 0 Å². The molecular formula is C22H24O2. The van der Waals surface area contributed by atoms with Gasteiger partial charge >= 0.3 is 5.97 Å². The Balaban J connectivity index is 2.13. The van der Waals surface area contributed by atoms with Crippen LogP contribution < -0.4 is 0 Å². The molecule has 0 aliphatic heterocycles. The monoisotopic (exact) mass is 320 g/mol. The van der Waals surface area contributed by atoms with Gasteiger partial charge in [-0.05, 0) is 39.9 Å². The van der Waals surface area contributed by atoms with E-state index in [0.29, 0.717) is 5.56 Å². The Morgan fingerprint density at radius 3 is 1.96 bits per heavy atom. The van der Waals surface area contributed by atoms with Gasteiger partial charge in [-0.25, -0.2) is 4.79 Å². The van der Waals surface area contributed by atoms with E-state index in [1.165, 1.54) is 19.3 Å². The molecule has 0 heterocycles. The van der Waals surface area contributed by atoms with E-state index < -0.39 is 5.97 Å². The number of carbonyl (C=O) groups is 1. The molecule has 0 bridgehead atoms. The van der Waals surface area contributed by atoms with Crippen LogP contribution in [0.5, 0.6) is 0 Å². The molecule has 0 spiro atoms. The van der Waals surface area contributed by atoms with Crippen LogP contribution in [0.3, 0.4) is 0 Å². The minimum absolute atomic E-state index is 0.486. The van der Waals surface area contributed by atoms with E-state index in [2.05, 4.69) is 19.1 Å². The predicted molar refractivity (Wildman–Crippen MR) is 101 cm³/mol. The van der Waals surface area contributed by atoms with E-state index in [0.717, 1.165) is 46.4 Å². The zero-order valence-corrected chi connectivity index (χ0v) is 14.2. The average Bonchev–Trinajstić information content (AvgIpc) is 2.61. The Bertz CT molecular complexity index is 864. The van der Waals surface area contributed by atoms with Crippen molar-refractivity contribution in [1.29, 1.82) is 0 Å². The summed E-state index contributed by atoms with van der Waals surface area (Å²) in [7, 11) is 0. The fourth-order valence-corrected chi connectivity index (χ4v) is 3.62. The first-order chi connectivity index (χ1) is 11.7. The van der Waals surface area contributed by atoms with E-state index in [4.69, 9.17) is 0 Å². The third-order valence-electron chi connectivity index (χ3n) is 4.78. The standard InChI is InChI=1S/C22H24O2/c1-2-3-4-5-6-14-19-17-12-8-7-11-16(17)18-13-9-10-15-20(18)21(19)22(23)24/h7-13,15H,2-6,14H2,1H3,(H,23,24). The molecule has 3 aromatic rings. The van der Waals surface area contributed by atoms with Crippen LogP contribution in [0, 0.1) is 0 Å². The zero-order valence-electron chi connectivity index (χ0n) is 14.2. The van der Waals surface area contributed by atoms with Crippen LogP contribution in [0.15, 0.2) is 48.5 Å². The van der Waals surface area contributed by atoms with Gasteiger partial charge in [0.05, 0.1) is 5.56 Å². The van der Waals surface area contributed by atoms with Crippen LogP contribution in [0.4, 0.5) is 0 Å². The van der Waals surface area contributed by atoms with Crippen molar-refractivity contribution in [3.8, 4) is 0 Å². The Morgan fingerprint density at radius 2 is 1.33 bits per heavy atom. The minimum Gasteiger partial charge on any atom is -0.478 e. The topological polar surface area (TPSA) is 37.3 Å². The van der Waals surface area contributed by atoms with E-state index >= 15 is 0 Å². The number of fused-ring (bicyclic) bond motifs is 3. The quantitative estimate of drug-likeness (QED) is 0.415. The maximum absolute atomic E-state index is 12.0. The maximum atomic E-state index is 12.0. The summed E-state index contributed by atoms with van der Waals surface area (Å²) in [6.07, 6.45) is 6.74. The summed E-state index contributed by atoms with van der Waals surface area (Å²) < 4.78 is 0. The Morgan fingerprint density at radius 1 is 0.792 bits per heavy atom. The number of hydrogen-bond acceptors (Lipinski definition) is 1. The molecule has 3 aromatic carbocycles. The molecule has 2 heteroatoms. The largest absolute Gasteiger partial charge is 0.478 e. The van der Waals surface area contributed by atoms with Crippen molar-refractivity contribution >= 4 is 27.5 Å². The fourth-order valence-electron chi connectivity index (χ4n) is 3.62. The first-order valence-corrected chi connectivity index (χ1v) is 8.89. The number of hydrogen-bond donors (Lipinski definition) is 1. The highest BCUT2D eigenvalue weighted by molar-refractivity contribution is 6.17. The number of unbranched alkanes of at least 4 members (excludes halogenated alkanes) is 4. The molecule has 24 heavy (non-hydrogen) atoms. The van der Waals surface area contributed by atoms with Crippen molar-refractivity contribution in [1.82, 2.24) is 0 Å². The highest BCUT2D eigenvalue weighted by atomic mass is 16.4. The molecule has 0 amide bonds. The number of benzene rings is 3. The second kappa shape index (κ2) is 7.48. The summed E-state index contributed by atoms with van der Waals surface area (Å²) in [6, 6.07) is 16.1. The molecule has 124 valence electrons. The Labute approximate surface area is 143 Å². The SMILES string of the molecule is CCCCCCCc1c(C(=O)O)c2ccccc2c2ccccc12. The Kier molecular flexibility index (Phi) is 5.14. The number of aryl methyl sites for hydroxylation is 1. The van der Waals surface area contributed by atoms with Gasteiger partial charge in [-0.3, -0.25) is 0 Å². The van der Waals surface area contributed by atoms with Crippen LogP contribution in [-0.2, 0) is 6.42 Å². The molecule has 0 unspecified atom stereocenters. The van der Waals surface area contributed by atoms with Gasteiger partial charge in [0.1, 0.15) is 0 Å². The number of carboxylic acid groups (broad SMARTS) is 1. The first kappa shape index (κ1) is 16.5. The summed E-state index contributed by atoms with van der Waals surface area (Å²) in [5, 5.41) is 14.0. The van der Waals surface area contributed by atoms with Crippen LogP contribution in [-0.4, -0.2) is 11.1 Å². The number of carboxylic acids is 1. The summed E-state index contributed by atoms with van der Waals surface area (Å²) in [4.78, 5) is 12.0. The molecule has 0 saturated heterocycles. The van der Waals surface area contributed by atoms with Gasteiger partial charge in [0.25, 0.3) is 0 Å². The van der Waals surface area contributed by atoms with E-state index in [1.807, 2.05) is 36.4 Å². The molecule has 0 atom stereocenters. The highest BCUT2D eigenvalue weighted by Gasteiger charge is 2.18. The molecule has 2 nitrogen and oxygen atoms in total. The second-order valence-corrected chi connectivity index (χ2v) is 6.41. The average molecular weight is 320 g/mol. The fraction of sp³-hybridized carbons (Fsp3) is 0.318. The maximum Gasteiger partial charge on any atom is 0.336 e. The molecule has 0 radical (unpaired) electrons. The smallest absolute Gasteiger partial charge is 0.336 e. The number of aromatic carboxylic acids is 1. The molecule has 0 saturated carbocycles. The minimum atomic E-state index is -0.819. The van der Waals surface area contributed by atoms with Gasteiger partial charge in [0, 0.05) is 0 Å². The summed E-state index contributed by atoms with van der Waals surface area (Å²) in [5.74, 6) is -0.819. The zero-order chi connectivity index (χ0) is 16.9. The van der Waals surface area contributed by atoms with Crippen LogP contribution in [0.25, 0.3) is 21.5 Å². The van der Waals surface area contributed by atoms with Crippen LogP contribution >= 0.6 is 0 Å². The van der Waals surface area contributed by atoms with Crippen molar-refractivity contribution in [2.24, 2.45) is 0 Å². The van der Waals surface area contributed by atoms with Gasteiger partial charge in [-0.15, -0.1) is 0 Å². The van der Waals surface area contributed by atoms with Gasteiger partial charge < -0.3 is 5.11 Å². The third-order valence-corrected chi connectivity index (χ3v) is 4.78. The first-order valence-electron chi connectivity index (χ1n) is 8.89. The predicted octanol–water partition coefficient (Wildman–Crippen LogP) is 6.20. The van der Waals surface area contributed by atoms with Gasteiger partial charge in [0.2, 0.25) is 0 Å². The van der Waals surface area contributed by atoms with E-state index in [-0.39, 0.29) is 0 Å². The lowest BCUT2D eigenvalue weighted by Gasteiger charge is -2.15. The van der Waals surface area contributed by atoms with Crippen molar-refractivity contribution < 1.29 is 9.90 Å². The van der Waals surface area contributed by atoms with Crippen molar-refractivity contribution in [2.45, 2.75) is 45.4 Å². The second-order valence-electron chi connectivity index (χ2n) is 6.41. The van der Waals surface area contributed by atoms with Gasteiger partial charge in [-0.1, -0.05) is 81.1 Å². The number of rotatable bonds is 7. The highest BCUT2D eigenvalue weighted by Crippen LogP contribution is 2.34. The molecule has 0 aromatic heterocycles. The molecule has 0 aliphatic carbocycles. The van der Waals surface area contributed by atoms with Crippen molar-refractivity contribution in [3.05, 3.63) is 59.7 Å². The van der Waals surface area contributed by atoms with E-state index in [1.54, 1.807) is 0 Å². The summed E-state index contributed by atoms with van der Waals surface area (Å²) in [5.41, 5.74) is 1.48. The lowest BCUT2D eigenvalue weighted by Crippen LogP contribution is -2.05. The van der Waals surface area contributed by atoms with Crippen LogP contribution in [0.2, 0.25) is 0 Å². The van der Waals surface area contributed by atoms with Gasteiger partial charge in [-0.2, -0.15) is 0 Å². The lowest BCUT2D eigenvalue weighted by atomic mass is 9.89. The van der Waals surface area contributed by atoms with E-state index in [9.17, 15) is 9.90 Å². The summed E-state index contributed by atoms with van der Waals surface area (Å²) >= 11 is 0. The molecular weight excluding hydrogens is 296 g/mol. The Hall–Kier alpha value is -2.35. The normalized spacial score (nSPS) is 11.2. The molecule has 1 N–H and O–H groups in total.